The Balaban J connectivity index is 1.25. The largest absolute Gasteiger partial charge is 0.455 e. The van der Waals surface area contributed by atoms with E-state index in [0.717, 1.165) is 50.1 Å². The van der Waals surface area contributed by atoms with E-state index in [0.29, 0.717) is 0 Å². The van der Waals surface area contributed by atoms with Gasteiger partial charge in [0, 0.05) is 47.4 Å². The highest BCUT2D eigenvalue weighted by atomic mass is 32.1. The molecule has 0 unspecified atom stereocenters. The van der Waals surface area contributed by atoms with Crippen LogP contribution < -0.4 is 4.90 Å². The van der Waals surface area contributed by atoms with Crippen LogP contribution in [0.4, 0.5) is 17.1 Å². The Kier molecular flexibility index (Phi) is 5.83. The maximum absolute atomic E-state index is 6.73. The molecule has 0 aliphatic carbocycles. The monoisotopic (exact) mass is 656 g/mol. The highest BCUT2D eigenvalue weighted by molar-refractivity contribution is 7.25. The van der Waals surface area contributed by atoms with Gasteiger partial charge in [0.25, 0.3) is 0 Å². The number of thiophene rings is 1. The summed E-state index contributed by atoms with van der Waals surface area (Å²) in [5.74, 6) is 0. The van der Waals surface area contributed by atoms with Crippen molar-refractivity contribution >= 4 is 103 Å². The zero-order valence-corrected chi connectivity index (χ0v) is 27.7. The van der Waals surface area contributed by atoms with Crippen molar-refractivity contribution in [3.63, 3.8) is 0 Å². The number of benzene rings is 8. The fraction of sp³-hybridized carbons (Fsp3) is 0. The lowest BCUT2D eigenvalue weighted by Crippen LogP contribution is -2.13. The minimum absolute atomic E-state index is 0.871. The van der Waals surface area contributed by atoms with Crippen LogP contribution in [0.3, 0.4) is 0 Å². The maximum atomic E-state index is 6.73. The van der Waals surface area contributed by atoms with Crippen LogP contribution in [0.15, 0.2) is 174 Å². The second kappa shape index (κ2) is 10.6. The van der Waals surface area contributed by atoms with E-state index >= 15 is 0 Å². The summed E-state index contributed by atoms with van der Waals surface area (Å²) in [4.78, 5) is 2.44. The van der Waals surface area contributed by atoms with Gasteiger partial charge in [-0.2, -0.15) is 0 Å². The number of nitrogens with zero attached hydrogens (tertiary/aromatic N) is 2. The van der Waals surface area contributed by atoms with Crippen LogP contribution in [-0.2, 0) is 0 Å². The number of hydrogen-bond donors (Lipinski definition) is 0. The van der Waals surface area contributed by atoms with Crippen LogP contribution in [-0.4, -0.2) is 4.57 Å². The van der Waals surface area contributed by atoms with Crippen LogP contribution in [0.25, 0.3) is 80.4 Å². The molecular weight excluding hydrogens is 629 g/mol. The first-order chi connectivity index (χ1) is 24.8. The molecule has 3 aromatic heterocycles. The van der Waals surface area contributed by atoms with Crippen LogP contribution >= 0.6 is 11.3 Å². The van der Waals surface area contributed by atoms with Gasteiger partial charge in [0.05, 0.1) is 33.5 Å². The highest BCUT2D eigenvalue weighted by Gasteiger charge is 2.24. The first-order valence-electron chi connectivity index (χ1n) is 16.9. The normalized spacial score (nSPS) is 12.0. The van der Waals surface area contributed by atoms with Gasteiger partial charge in [-0.25, -0.2) is 0 Å². The molecule has 4 heteroatoms. The average molecular weight is 657 g/mol. The number of fused-ring (bicyclic) bond motifs is 11. The Morgan fingerprint density at radius 1 is 0.460 bits per heavy atom. The van der Waals surface area contributed by atoms with Gasteiger partial charge in [-0.05, 0) is 66.0 Å². The van der Waals surface area contributed by atoms with Gasteiger partial charge in [0.2, 0.25) is 0 Å². The quantitative estimate of drug-likeness (QED) is 0.188. The fourth-order valence-electron chi connectivity index (χ4n) is 8.01. The summed E-state index contributed by atoms with van der Waals surface area (Å²) in [6.07, 6.45) is 0. The SMILES string of the molecule is c1ccc(-n2c3ccccc3c3ccccc32)c(N(c2ccc3c(c2)sc2ccccc23)c2cccc3oc4c5ccccc5ccc4c23)c1. The predicted octanol–water partition coefficient (Wildman–Crippen LogP) is 13.7. The lowest BCUT2D eigenvalue weighted by Gasteiger charge is -2.29. The molecule has 11 aromatic rings. The minimum Gasteiger partial charge on any atom is -0.455 e. The van der Waals surface area contributed by atoms with E-state index in [4.69, 9.17) is 4.42 Å². The predicted molar refractivity (Wildman–Crippen MR) is 213 cm³/mol. The summed E-state index contributed by atoms with van der Waals surface area (Å²) in [6, 6.07) is 61.3. The molecule has 0 atom stereocenters. The summed E-state index contributed by atoms with van der Waals surface area (Å²) in [7, 11) is 0. The van der Waals surface area contributed by atoms with Gasteiger partial charge in [0.15, 0.2) is 0 Å². The number of furan rings is 1. The van der Waals surface area contributed by atoms with Gasteiger partial charge in [-0.1, -0.05) is 109 Å². The molecule has 3 heterocycles. The van der Waals surface area contributed by atoms with E-state index in [1.165, 1.54) is 47.4 Å². The Bertz CT molecular complexity index is 3070. The molecule has 11 rings (SSSR count). The van der Waals surface area contributed by atoms with Crippen LogP contribution in [0.2, 0.25) is 0 Å². The molecule has 0 aliphatic rings. The van der Waals surface area contributed by atoms with E-state index in [1.807, 2.05) is 11.3 Å². The first-order valence-corrected chi connectivity index (χ1v) is 17.8. The van der Waals surface area contributed by atoms with E-state index in [9.17, 15) is 0 Å². The third-order valence-corrected chi connectivity index (χ3v) is 11.3. The summed E-state index contributed by atoms with van der Waals surface area (Å²) in [6.45, 7) is 0. The summed E-state index contributed by atoms with van der Waals surface area (Å²) in [5.41, 5.74) is 8.51. The number of aromatic nitrogens is 1. The molecule has 0 amide bonds. The second-order valence-electron chi connectivity index (χ2n) is 12.9. The topological polar surface area (TPSA) is 21.3 Å². The van der Waals surface area contributed by atoms with Gasteiger partial charge in [-0.3, -0.25) is 0 Å². The molecule has 0 bridgehead atoms. The van der Waals surface area contributed by atoms with Crippen molar-refractivity contribution in [2.75, 3.05) is 4.90 Å². The van der Waals surface area contributed by atoms with E-state index in [2.05, 4.69) is 179 Å². The number of anilines is 3. The average Bonchev–Trinajstić information content (AvgIpc) is 3.85. The van der Waals surface area contributed by atoms with Crippen molar-refractivity contribution in [3.8, 4) is 5.69 Å². The molecule has 0 saturated carbocycles. The van der Waals surface area contributed by atoms with Gasteiger partial charge in [-0.15, -0.1) is 11.3 Å². The second-order valence-corrected chi connectivity index (χ2v) is 14.0. The van der Waals surface area contributed by atoms with Gasteiger partial charge >= 0.3 is 0 Å². The van der Waals surface area contributed by atoms with E-state index in [-0.39, 0.29) is 0 Å². The Hall–Kier alpha value is -6.36. The van der Waals surface area contributed by atoms with Crippen molar-refractivity contribution in [1.82, 2.24) is 4.57 Å². The molecule has 3 nitrogen and oxygen atoms in total. The van der Waals surface area contributed by atoms with E-state index in [1.54, 1.807) is 0 Å². The van der Waals surface area contributed by atoms with Gasteiger partial charge < -0.3 is 13.9 Å². The molecule has 0 aliphatic heterocycles. The fourth-order valence-corrected chi connectivity index (χ4v) is 9.15. The van der Waals surface area contributed by atoms with Crippen LogP contribution in [0.1, 0.15) is 0 Å². The molecule has 0 N–H and O–H groups in total. The number of hydrogen-bond acceptors (Lipinski definition) is 3. The third-order valence-electron chi connectivity index (χ3n) is 10.2. The highest BCUT2D eigenvalue weighted by Crippen LogP contribution is 2.48. The zero-order valence-electron chi connectivity index (χ0n) is 26.9. The van der Waals surface area contributed by atoms with Crippen molar-refractivity contribution in [3.05, 3.63) is 170 Å². The molecule has 8 aromatic carbocycles. The van der Waals surface area contributed by atoms with Crippen molar-refractivity contribution in [1.29, 1.82) is 0 Å². The van der Waals surface area contributed by atoms with Crippen molar-refractivity contribution in [2.24, 2.45) is 0 Å². The molecule has 0 fully saturated rings. The smallest absolute Gasteiger partial charge is 0.143 e. The third kappa shape index (κ3) is 3.91. The first kappa shape index (κ1) is 27.6. The zero-order chi connectivity index (χ0) is 32.8. The summed E-state index contributed by atoms with van der Waals surface area (Å²) >= 11 is 1.85. The molecule has 0 radical (unpaired) electrons. The molecule has 50 heavy (non-hydrogen) atoms. The number of rotatable bonds is 4. The van der Waals surface area contributed by atoms with Crippen LogP contribution in [0.5, 0.6) is 0 Å². The van der Waals surface area contributed by atoms with Crippen LogP contribution in [0, 0.1) is 0 Å². The Labute approximate surface area is 291 Å². The maximum Gasteiger partial charge on any atom is 0.143 e. The Morgan fingerprint density at radius 2 is 1.10 bits per heavy atom. The standard InChI is InChI=1S/C46H28N2OS/c1-2-13-31-29(12-1)24-26-36-45-41(21-11-22-42(45)49-46(31)36)47(30-25-27-35-34-16-5-10-23-43(34)50-44(35)28-30)39-19-8-9-20-40(39)48-37-17-6-3-14-32(37)33-15-4-7-18-38(33)48/h1-28H. The van der Waals surface area contributed by atoms with E-state index < -0.39 is 0 Å². The molecule has 0 spiro atoms. The lowest BCUT2D eigenvalue weighted by atomic mass is 10.0. The Morgan fingerprint density at radius 3 is 1.94 bits per heavy atom. The lowest BCUT2D eigenvalue weighted by molar-refractivity contribution is 0.672. The molecule has 0 saturated heterocycles. The minimum atomic E-state index is 0.871. The summed E-state index contributed by atoms with van der Waals surface area (Å²) < 4.78 is 11.7. The summed E-state index contributed by atoms with van der Waals surface area (Å²) in [5, 5.41) is 9.56. The van der Waals surface area contributed by atoms with Crippen molar-refractivity contribution in [2.45, 2.75) is 0 Å². The molecule has 234 valence electrons. The number of para-hydroxylation sites is 4. The van der Waals surface area contributed by atoms with Crippen molar-refractivity contribution < 1.29 is 4.42 Å². The van der Waals surface area contributed by atoms with Gasteiger partial charge in [0.1, 0.15) is 11.2 Å². The molecular formula is C46H28N2OS.